The van der Waals surface area contributed by atoms with Crippen LogP contribution >= 0.6 is 11.6 Å². The van der Waals surface area contributed by atoms with Crippen molar-refractivity contribution >= 4 is 23.5 Å². The number of nitrogens with one attached hydrogen (secondary N) is 1. The number of halogens is 1. The summed E-state index contributed by atoms with van der Waals surface area (Å²) in [5.74, 6) is 3.78. The van der Waals surface area contributed by atoms with Gasteiger partial charge in [-0.2, -0.15) is 15.0 Å². The highest BCUT2D eigenvalue weighted by molar-refractivity contribution is 6.28. The van der Waals surface area contributed by atoms with Crippen molar-refractivity contribution in [1.82, 2.24) is 15.0 Å². The number of nitrogens with zero attached hydrogens (tertiary/aromatic N) is 4. The van der Waals surface area contributed by atoms with E-state index in [0.717, 1.165) is 32.5 Å². The van der Waals surface area contributed by atoms with Crippen LogP contribution in [0.15, 0.2) is 0 Å². The van der Waals surface area contributed by atoms with E-state index in [1.165, 1.54) is 12.8 Å². The standard InChI is InChI=1S/C12H16ClN5/c1-2-3-4-7-14-11-15-10(13)16-12(17-11)18-8-5-6-9-18/h1H,3-9H2,(H,14,15,16,17). The Balaban J connectivity index is 1.99. The highest BCUT2D eigenvalue weighted by atomic mass is 35.5. The molecule has 0 bridgehead atoms. The van der Waals surface area contributed by atoms with Gasteiger partial charge in [0.2, 0.25) is 17.2 Å². The normalized spacial score (nSPS) is 14.6. The molecule has 0 atom stereocenters. The van der Waals surface area contributed by atoms with E-state index in [4.69, 9.17) is 18.0 Å². The molecule has 18 heavy (non-hydrogen) atoms. The minimum Gasteiger partial charge on any atom is -0.354 e. The van der Waals surface area contributed by atoms with Crippen molar-refractivity contribution in [3.63, 3.8) is 0 Å². The first-order valence-electron chi connectivity index (χ1n) is 6.13. The van der Waals surface area contributed by atoms with Crippen molar-refractivity contribution in [2.75, 3.05) is 29.9 Å². The fourth-order valence-electron chi connectivity index (χ4n) is 1.87. The maximum absolute atomic E-state index is 5.91. The predicted octanol–water partition coefficient (Wildman–Crippen LogP) is 1.95. The summed E-state index contributed by atoms with van der Waals surface area (Å²) in [5, 5.41) is 3.34. The summed E-state index contributed by atoms with van der Waals surface area (Å²) in [6.07, 6.45) is 9.17. The zero-order valence-corrected chi connectivity index (χ0v) is 10.9. The van der Waals surface area contributed by atoms with Crippen molar-refractivity contribution in [2.24, 2.45) is 0 Å². The molecule has 2 rings (SSSR count). The highest BCUT2D eigenvalue weighted by Gasteiger charge is 2.16. The number of hydrogen-bond acceptors (Lipinski definition) is 5. The van der Waals surface area contributed by atoms with Gasteiger partial charge in [-0.1, -0.05) is 0 Å². The molecule has 1 saturated heterocycles. The SMILES string of the molecule is C#CCCCNc1nc(Cl)nc(N2CCCC2)n1. The number of rotatable bonds is 5. The molecule has 0 amide bonds. The van der Waals surface area contributed by atoms with E-state index in [0.29, 0.717) is 11.9 Å². The molecule has 1 aliphatic heterocycles. The predicted molar refractivity (Wildman–Crippen MR) is 72.8 cm³/mol. The van der Waals surface area contributed by atoms with Gasteiger partial charge in [-0.15, -0.1) is 12.3 Å². The van der Waals surface area contributed by atoms with Crippen LogP contribution in [-0.2, 0) is 0 Å². The van der Waals surface area contributed by atoms with Crippen molar-refractivity contribution in [3.8, 4) is 12.3 Å². The summed E-state index contributed by atoms with van der Waals surface area (Å²) in [6, 6.07) is 0. The Labute approximate surface area is 112 Å². The van der Waals surface area contributed by atoms with E-state index in [1.807, 2.05) is 0 Å². The second-order valence-electron chi connectivity index (χ2n) is 4.16. The summed E-state index contributed by atoms with van der Waals surface area (Å²) in [7, 11) is 0. The molecule has 5 nitrogen and oxygen atoms in total. The Bertz CT molecular complexity index is 437. The minimum absolute atomic E-state index is 0.228. The topological polar surface area (TPSA) is 53.9 Å². The fourth-order valence-corrected chi connectivity index (χ4v) is 2.02. The summed E-state index contributed by atoms with van der Waals surface area (Å²) < 4.78 is 0. The maximum atomic E-state index is 5.91. The Morgan fingerprint density at radius 1 is 1.28 bits per heavy atom. The number of aromatic nitrogens is 3. The van der Waals surface area contributed by atoms with Gasteiger partial charge in [-0.05, 0) is 30.9 Å². The van der Waals surface area contributed by atoms with E-state index < -0.39 is 0 Å². The maximum Gasteiger partial charge on any atom is 0.231 e. The molecule has 6 heteroatoms. The highest BCUT2D eigenvalue weighted by Crippen LogP contribution is 2.18. The third-order valence-electron chi connectivity index (χ3n) is 2.77. The van der Waals surface area contributed by atoms with Crippen LogP contribution in [0.2, 0.25) is 5.28 Å². The first-order chi connectivity index (χ1) is 8.79. The first kappa shape index (κ1) is 12.9. The summed E-state index contributed by atoms with van der Waals surface area (Å²) in [5.41, 5.74) is 0. The lowest BCUT2D eigenvalue weighted by atomic mass is 10.3. The second kappa shape index (κ2) is 6.41. The van der Waals surface area contributed by atoms with Gasteiger partial charge in [0.1, 0.15) is 0 Å². The van der Waals surface area contributed by atoms with Crippen LogP contribution in [0.3, 0.4) is 0 Å². The zero-order valence-electron chi connectivity index (χ0n) is 10.2. The molecule has 0 aliphatic carbocycles. The van der Waals surface area contributed by atoms with E-state index >= 15 is 0 Å². The minimum atomic E-state index is 0.228. The summed E-state index contributed by atoms with van der Waals surface area (Å²) in [4.78, 5) is 14.7. The van der Waals surface area contributed by atoms with Gasteiger partial charge in [-0.3, -0.25) is 0 Å². The zero-order chi connectivity index (χ0) is 12.8. The van der Waals surface area contributed by atoms with Gasteiger partial charge in [0.15, 0.2) is 0 Å². The van der Waals surface area contributed by atoms with Crippen molar-refractivity contribution in [2.45, 2.75) is 25.7 Å². The molecule has 0 radical (unpaired) electrons. The van der Waals surface area contributed by atoms with Crippen LogP contribution in [0.25, 0.3) is 0 Å². The van der Waals surface area contributed by atoms with Gasteiger partial charge in [0.25, 0.3) is 0 Å². The van der Waals surface area contributed by atoms with Crippen LogP contribution in [0, 0.1) is 12.3 Å². The molecular formula is C12H16ClN5. The van der Waals surface area contributed by atoms with E-state index in [-0.39, 0.29) is 5.28 Å². The van der Waals surface area contributed by atoms with Crippen LogP contribution in [0.1, 0.15) is 25.7 Å². The number of anilines is 2. The van der Waals surface area contributed by atoms with Crippen LogP contribution in [0.5, 0.6) is 0 Å². The average molecular weight is 266 g/mol. The molecule has 1 aliphatic rings. The van der Waals surface area contributed by atoms with Gasteiger partial charge < -0.3 is 10.2 Å². The van der Waals surface area contributed by atoms with Crippen molar-refractivity contribution < 1.29 is 0 Å². The fraction of sp³-hybridized carbons (Fsp3) is 0.583. The summed E-state index contributed by atoms with van der Waals surface area (Å²) in [6.45, 7) is 2.71. The van der Waals surface area contributed by atoms with Crippen LogP contribution in [0.4, 0.5) is 11.9 Å². The Morgan fingerprint density at radius 3 is 2.78 bits per heavy atom. The molecule has 1 N–H and O–H groups in total. The number of terminal acetylenes is 1. The molecule has 96 valence electrons. The molecular weight excluding hydrogens is 250 g/mol. The quantitative estimate of drug-likeness (QED) is 0.651. The smallest absolute Gasteiger partial charge is 0.231 e. The van der Waals surface area contributed by atoms with Crippen molar-refractivity contribution in [1.29, 1.82) is 0 Å². The largest absolute Gasteiger partial charge is 0.354 e. The van der Waals surface area contributed by atoms with Crippen molar-refractivity contribution in [3.05, 3.63) is 5.28 Å². The molecule has 1 fully saturated rings. The van der Waals surface area contributed by atoms with Gasteiger partial charge in [0.05, 0.1) is 0 Å². The molecule has 0 aromatic carbocycles. The summed E-state index contributed by atoms with van der Waals surface area (Å²) >= 11 is 5.91. The van der Waals surface area contributed by atoms with Crippen LogP contribution in [-0.4, -0.2) is 34.6 Å². The van der Waals surface area contributed by atoms with Crippen LogP contribution < -0.4 is 10.2 Å². The van der Waals surface area contributed by atoms with Gasteiger partial charge >= 0.3 is 0 Å². The van der Waals surface area contributed by atoms with E-state index in [9.17, 15) is 0 Å². The lowest BCUT2D eigenvalue weighted by Crippen LogP contribution is -2.21. The lowest BCUT2D eigenvalue weighted by Gasteiger charge is -2.15. The third kappa shape index (κ3) is 3.47. The second-order valence-corrected chi connectivity index (χ2v) is 4.49. The monoisotopic (exact) mass is 265 g/mol. The van der Waals surface area contributed by atoms with Gasteiger partial charge in [-0.25, -0.2) is 0 Å². The molecule has 2 heterocycles. The van der Waals surface area contributed by atoms with Gasteiger partial charge in [0, 0.05) is 26.1 Å². The Morgan fingerprint density at radius 2 is 2.06 bits per heavy atom. The first-order valence-corrected chi connectivity index (χ1v) is 6.51. The third-order valence-corrected chi connectivity index (χ3v) is 2.94. The molecule has 0 spiro atoms. The Kier molecular flexibility index (Phi) is 4.59. The Hall–Kier alpha value is -1.54. The van der Waals surface area contributed by atoms with E-state index in [2.05, 4.69) is 31.1 Å². The average Bonchev–Trinajstić information content (AvgIpc) is 2.88. The molecule has 1 aromatic heterocycles. The molecule has 0 unspecified atom stereocenters. The molecule has 1 aromatic rings. The molecule has 0 saturated carbocycles. The number of hydrogen-bond donors (Lipinski definition) is 1. The van der Waals surface area contributed by atoms with E-state index in [1.54, 1.807) is 0 Å². The lowest BCUT2D eigenvalue weighted by molar-refractivity contribution is 0.858. The number of unbranched alkanes of at least 4 members (excludes halogenated alkanes) is 1.